The van der Waals surface area contributed by atoms with Gasteiger partial charge in [0.2, 0.25) is 0 Å². The van der Waals surface area contributed by atoms with E-state index in [0.29, 0.717) is 23.9 Å². The molecule has 2 unspecified atom stereocenters. The van der Waals surface area contributed by atoms with Crippen LogP contribution in [0.4, 0.5) is 0 Å². The van der Waals surface area contributed by atoms with Gasteiger partial charge in [-0.2, -0.15) is 0 Å². The van der Waals surface area contributed by atoms with Crippen molar-refractivity contribution in [1.82, 2.24) is 0 Å². The quantitative estimate of drug-likeness (QED) is 0.0211. The first-order valence-electron chi connectivity index (χ1n) is 29.8. The average Bonchev–Trinajstić information content (AvgIpc) is 3.42. The zero-order valence-corrected chi connectivity index (χ0v) is 51.1. The van der Waals surface area contributed by atoms with Crippen LogP contribution in [0, 0.1) is 0 Å². The summed E-state index contributed by atoms with van der Waals surface area (Å²) in [6.45, 7) is 4.01. The number of quaternary nitrogens is 1. The van der Waals surface area contributed by atoms with E-state index >= 15 is 0 Å². The van der Waals surface area contributed by atoms with E-state index in [1.807, 2.05) is 33.3 Å². The standard InChI is InChI=1S/C70H106NO8P/c1-6-8-10-12-14-16-18-20-22-23-24-25-26-27-28-29-30-31-32-33-34-35-36-37-38-39-40-41-42-43-44-45-46-47-49-51-53-55-57-59-61-63-70(73)79-68(67-78-80(74,75)77-65-64-71(3,4)5)66-76-69(72)62-60-58-56-54-52-50-48-21-19-17-15-13-11-9-7-2/h8-11,14-17,20-22,24-25,27-28,30-31,33-34,36-37,39-40,42-43,45-46,48-49,51-52,54,58,60,68H,6-7,12-13,18-19,23,26,29,32,35,38,41,44,47,50,53,55-57,59,61-67H2,1-5H3/p+1/b10-8-,11-9-,16-14-,17-15-,22-20-,25-24-,28-27-,31-30-,34-33-,37-36-,40-39-,43-42-,46-45-,48-21-,51-49-,54-52-,60-58-. The van der Waals surface area contributed by atoms with Crippen LogP contribution in [0.3, 0.4) is 0 Å². The van der Waals surface area contributed by atoms with Gasteiger partial charge in [-0.3, -0.25) is 18.6 Å². The van der Waals surface area contributed by atoms with Gasteiger partial charge in [0.25, 0.3) is 0 Å². The summed E-state index contributed by atoms with van der Waals surface area (Å²) in [6, 6.07) is 0. The van der Waals surface area contributed by atoms with Crippen molar-refractivity contribution in [3.63, 3.8) is 0 Å². The zero-order valence-electron chi connectivity index (χ0n) is 50.2. The molecule has 0 saturated heterocycles. The highest BCUT2D eigenvalue weighted by atomic mass is 31.2. The van der Waals surface area contributed by atoms with Gasteiger partial charge < -0.3 is 18.9 Å². The number of carbonyl (C=O) groups is 2. The molecule has 0 radical (unpaired) electrons. The second-order valence-electron chi connectivity index (χ2n) is 19.9. The largest absolute Gasteiger partial charge is 0.472 e. The van der Waals surface area contributed by atoms with Gasteiger partial charge >= 0.3 is 19.8 Å². The van der Waals surface area contributed by atoms with Gasteiger partial charge in [0.15, 0.2) is 6.10 Å². The number of rotatable bonds is 51. The van der Waals surface area contributed by atoms with E-state index < -0.39 is 32.5 Å². The molecule has 0 fully saturated rings. The third kappa shape index (κ3) is 61.8. The SMILES string of the molecule is CC/C=C\C/C=C\C/C=C\C/C=C\C/C=C\C/C=C\C/C=C\C/C=C\C/C=C\C/C=C\C/C=C\C/C=C\CCCCCCC(=O)OC(COC(=O)C/C=C\C/C=C\C/C=C\C/C=C\C/C=C\CC)COP(=O)(O)OCC[N+](C)(C)C. The third-order valence-corrected chi connectivity index (χ3v) is 12.3. The van der Waals surface area contributed by atoms with Gasteiger partial charge in [0.1, 0.15) is 19.8 Å². The molecule has 0 aliphatic rings. The molecule has 1 N–H and O–H groups in total. The Hall–Kier alpha value is -5.41. The molecule has 0 aromatic heterocycles. The topological polar surface area (TPSA) is 108 Å². The Bertz CT molecular complexity index is 2100. The molecule has 444 valence electrons. The van der Waals surface area contributed by atoms with Gasteiger partial charge in [0.05, 0.1) is 34.2 Å². The number of likely N-dealkylation sites (N-methyl/N-ethyl adjacent to an activating group) is 1. The first kappa shape index (κ1) is 74.6. The van der Waals surface area contributed by atoms with Crippen LogP contribution in [0.2, 0.25) is 0 Å². The average molecular weight is 1120 g/mol. The van der Waals surface area contributed by atoms with Crippen molar-refractivity contribution in [3.05, 3.63) is 207 Å². The van der Waals surface area contributed by atoms with Gasteiger partial charge in [-0.05, 0) is 128 Å². The number of ether oxygens (including phenoxy) is 2. The summed E-state index contributed by atoms with van der Waals surface area (Å²) in [6.07, 6.45) is 93.8. The van der Waals surface area contributed by atoms with Crippen molar-refractivity contribution in [3.8, 4) is 0 Å². The smallest absolute Gasteiger partial charge is 0.461 e. The number of nitrogens with zero attached hydrogens (tertiary/aromatic N) is 1. The first-order chi connectivity index (χ1) is 39.0. The Morgan fingerprint density at radius 2 is 0.713 bits per heavy atom. The molecular formula is C70H107NO8P+. The van der Waals surface area contributed by atoms with Crippen molar-refractivity contribution in [2.24, 2.45) is 0 Å². The lowest BCUT2D eigenvalue weighted by Gasteiger charge is -2.24. The van der Waals surface area contributed by atoms with Crippen LogP contribution >= 0.6 is 7.82 Å². The highest BCUT2D eigenvalue weighted by Crippen LogP contribution is 2.43. The van der Waals surface area contributed by atoms with Crippen LogP contribution in [0.5, 0.6) is 0 Å². The summed E-state index contributed by atoms with van der Waals surface area (Å²) in [4.78, 5) is 35.5. The Labute approximate surface area is 487 Å². The molecule has 0 aromatic carbocycles. The highest BCUT2D eigenvalue weighted by molar-refractivity contribution is 7.47. The first-order valence-corrected chi connectivity index (χ1v) is 31.3. The number of unbranched alkanes of at least 4 members (excludes halogenated alkanes) is 4. The van der Waals surface area contributed by atoms with Crippen molar-refractivity contribution in [2.75, 3.05) is 47.5 Å². The number of hydrogen-bond acceptors (Lipinski definition) is 7. The Morgan fingerprint density at radius 3 is 1.05 bits per heavy atom. The van der Waals surface area contributed by atoms with E-state index in [1.165, 1.54) is 0 Å². The number of phosphoric ester groups is 1. The lowest BCUT2D eigenvalue weighted by Crippen LogP contribution is -2.37. The molecule has 80 heavy (non-hydrogen) atoms. The Balaban J connectivity index is 4.27. The molecule has 0 amide bonds. The number of phosphoric acid groups is 1. The minimum absolute atomic E-state index is 0.000547. The maximum absolute atomic E-state index is 12.8. The number of hydrogen-bond donors (Lipinski definition) is 1. The lowest BCUT2D eigenvalue weighted by molar-refractivity contribution is -0.870. The summed E-state index contributed by atoms with van der Waals surface area (Å²) < 4.78 is 34.3. The molecule has 0 rings (SSSR count). The van der Waals surface area contributed by atoms with E-state index in [1.54, 1.807) is 6.08 Å². The van der Waals surface area contributed by atoms with E-state index in [-0.39, 0.29) is 26.1 Å². The third-order valence-electron chi connectivity index (χ3n) is 11.3. The molecule has 0 aliphatic heterocycles. The Kier molecular flexibility index (Phi) is 54.3. The minimum atomic E-state index is -4.43. The van der Waals surface area contributed by atoms with Crippen LogP contribution in [-0.2, 0) is 32.7 Å². The van der Waals surface area contributed by atoms with E-state index in [0.717, 1.165) is 128 Å². The summed E-state index contributed by atoms with van der Waals surface area (Å²) in [5, 5.41) is 0. The van der Waals surface area contributed by atoms with Crippen molar-refractivity contribution >= 4 is 19.8 Å². The van der Waals surface area contributed by atoms with E-state index in [2.05, 4.69) is 202 Å². The van der Waals surface area contributed by atoms with E-state index in [4.69, 9.17) is 18.5 Å². The molecule has 0 heterocycles. The van der Waals surface area contributed by atoms with Gasteiger partial charge in [-0.25, -0.2) is 4.57 Å². The molecule has 0 bridgehead atoms. The van der Waals surface area contributed by atoms with Crippen LogP contribution < -0.4 is 0 Å². The van der Waals surface area contributed by atoms with Crippen molar-refractivity contribution in [1.29, 1.82) is 0 Å². The molecule has 0 saturated carbocycles. The molecular weight excluding hydrogens is 1010 g/mol. The maximum atomic E-state index is 12.8. The fourth-order valence-corrected chi connectivity index (χ4v) is 7.57. The maximum Gasteiger partial charge on any atom is 0.472 e. The highest BCUT2D eigenvalue weighted by Gasteiger charge is 2.27. The number of esters is 2. The molecule has 0 aromatic rings. The Morgan fingerprint density at radius 1 is 0.400 bits per heavy atom. The summed E-state index contributed by atoms with van der Waals surface area (Å²) in [5.41, 5.74) is 0. The van der Waals surface area contributed by atoms with Crippen molar-refractivity contribution in [2.45, 2.75) is 174 Å². The molecule has 2 atom stereocenters. The second-order valence-corrected chi connectivity index (χ2v) is 21.4. The van der Waals surface area contributed by atoms with Crippen molar-refractivity contribution < 1.29 is 42.1 Å². The normalized spacial score (nSPS) is 14.7. The van der Waals surface area contributed by atoms with Crippen LogP contribution in [0.15, 0.2) is 207 Å². The zero-order chi connectivity index (χ0) is 58.4. The minimum Gasteiger partial charge on any atom is -0.461 e. The summed E-state index contributed by atoms with van der Waals surface area (Å²) in [7, 11) is 1.38. The lowest BCUT2D eigenvalue weighted by atomic mass is 10.1. The van der Waals surface area contributed by atoms with Crippen LogP contribution in [-0.4, -0.2) is 74.9 Å². The van der Waals surface area contributed by atoms with Crippen LogP contribution in [0.25, 0.3) is 0 Å². The van der Waals surface area contributed by atoms with Gasteiger partial charge in [-0.1, -0.05) is 233 Å². The summed E-state index contributed by atoms with van der Waals surface area (Å²) in [5.74, 6) is -0.996. The fraction of sp³-hybridized carbons (Fsp3) is 0.486. The molecule has 10 heteroatoms. The summed E-state index contributed by atoms with van der Waals surface area (Å²) >= 11 is 0. The fourth-order valence-electron chi connectivity index (χ4n) is 6.83. The number of carbonyl (C=O) groups excluding carboxylic acids is 2. The predicted molar refractivity (Wildman–Crippen MR) is 343 cm³/mol. The van der Waals surface area contributed by atoms with Gasteiger partial charge in [-0.15, -0.1) is 0 Å². The van der Waals surface area contributed by atoms with Gasteiger partial charge in [0, 0.05) is 6.42 Å². The molecule has 0 aliphatic carbocycles. The van der Waals surface area contributed by atoms with Crippen LogP contribution in [0.1, 0.15) is 168 Å². The number of allylic oxidation sites excluding steroid dienone is 33. The molecule has 0 spiro atoms. The molecule has 9 nitrogen and oxygen atoms in total. The van der Waals surface area contributed by atoms with E-state index in [9.17, 15) is 19.0 Å². The second kappa shape index (κ2) is 58.3. The predicted octanol–water partition coefficient (Wildman–Crippen LogP) is 19.1. The monoisotopic (exact) mass is 1120 g/mol.